The maximum Gasteiger partial charge on any atom is 0.161 e. The van der Waals surface area contributed by atoms with Gasteiger partial charge in [0.25, 0.3) is 0 Å². The van der Waals surface area contributed by atoms with Crippen LogP contribution in [0.5, 0.6) is 0 Å². The predicted octanol–water partition coefficient (Wildman–Crippen LogP) is 6.29. The average molecular weight is 337 g/mol. The molecule has 0 amide bonds. The summed E-state index contributed by atoms with van der Waals surface area (Å²) in [5, 5.41) is 0. The van der Waals surface area contributed by atoms with Crippen LogP contribution in [0.1, 0.15) is 62.3 Å². The molecule has 1 aromatic carbocycles. The molecule has 4 heteroatoms. The number of benzene rings is 1. The number of hydrogen-bond donors (Lipinski definition) is 0. The normalized spacial score (nSPS) is 12.7. The van der Waals surface area contributed by atoms with Crippen LogP contribution in [0.2, 0.25) is 0 Å². The Bertz CT molecular complexity index is 393. The molecule has 0 saturated carbocycles. The van der Waals surface area contributed by atoms with Crippen molar-refractivity contribution in [1.82, 2.24) is 0 Å². The first kappa shape index (κ1) is 16.5. The Hall–Kier alpha value is -0.510. The maximum atomic E-state index is 13.5. The molecule has 0 aromatic heterocycles. The Balaban J connectivity index is 2.41. The average Bonchev–Trinajstić information content (AvgIpc) is 2.37. The third-order valence-corrected chi connectivity index (χ3v) is 4.14. The third kappa shape index (κ3) is 5.55. The van der Waals surface area contributed by atoms with Gasteiger partial charge in [-0.25, -0.2) is 13.2 Å². The molecule has 0 nitrogen and oxygen atoms in total. The molecule has 0 bridgehead atoms. The number of unbranched alkanes of at least 4 members (excludes halogenated alkanes) is 5. The van der Waals surface area contributed by atoms with Gasteiger partial charge in [-0.15, -0.1) is 0 Å². The topological polar surface area (TPSA) is 0 Å². The predicted molar refractivity (Wildman–Crippen MR) is 76.0 cm³/mol. The van der Waals surface area contributed by atoms with Crippen LogP contribution >= 0.6 is 15.9 Å². The van der Waals surface area contributed by atoms with E-state index in [-0.39, 0.29) is 10.4 Å². The minimum absolute atomic E-state index is 0.201. The van der Waals surface area contributed by atoms with Crippen LogP contribution in [0.3, 0.4) is 0 Å². The quantitative estimate of drug-likeness (QED) is 0.297. The fourth-order valence-corrected chi connectivity index (χ4v) is 2.71. The van der Waals surface area contributed by atoms with Crippen molar-refractivity contribution in [2.45, 2.75) is 56.7 Å². The molecule has 0 radical (unpaired) electrons. The lowest BCUT2D eigenvalue weighted by Gasteiger charge is -2.11. The molecule has 0 heterocycles. The smallest absolute Gasteiger partial charge is 0.161 e. The zero-order chi connectivity index (χ0) is 14.3. The summed E-state index contributed by atoms with van der Waals surface area (Å²) >= 11 is 3.35. The molecule has 0 saturated heterocycles. The van der Waals surface area contributed by atoms with E-state index in [0.717, 1.165) is 25.3 Å². The molecular formula is C15H20BrF3. The summed E-state index contributed by atoms with van der Waals surface area (Å²) in [4.78, 5) is -0.256. The van der Waals surface area contributed by atoms with Gasteiger partial charge in [-0.2, -0.15) is 0 Å². The number of rotatable bonds is 8. The van der Waals surface area contributed by atoms with E-state index in [4.69, 9.17) is 0 Å². The molecule has 108 valence electrons. The van der Waals surface area contributed by atoms with Crippen molar-refractivity contribution in [3.8, 4) is 0 Å². The van der Waals surface area contributed by atoms with E-state index < -0.39 is 17.5 Å². The Morgan fingerprint density at radius 1 is 0.895 bits per heavy atom. The minimum Gasteiger partial charge on any atom is -0.207 e. The molecule has 0 aliphatic heterocycles. The van der Waals surface area contributed by atoms with Crippen LogP contribution in [-0.4, -0.2) is 0 Å². The fraction of sp³-hybridized carbons (Fsp3) is 0.600. The fourth-order valence-electron chi connectivity index (χ4n) is 2.04. The van der Waals surface area contributed by atoms with E-state index in [9.17, 15) is 13.2 Å². The summed E-state index contributed by atoms with van der Waals surface area (Å²) in [5.41, 5.74) is 0.201. The van der Waals surface area contributed by atoms with Crippen molar-refractivity contribution in [3.63, 3.8) is 0 Å². The Kier molecular flexibility index (Phi) is 7.51. The van der Waals surface area contributed by atoms with Gasteiger partial charge in [0.1, 0.15) is 5.82 Å². The van der Waals surface area contributed by atoms with Gasteiger partial charge in [-0.05, 0) is 12.5 Å². The summed E-state index contributed by atoms with van der Waals surface area (Å²) < 4.78 is 39.4. The van der Waals surface area contributed by atoms with Gasteiger partial charge < -0.3 is 0 Å². The van der Waals surface area contributed by atoms with Crippen LogP contribution in [0.4, 0.5) is 13.2 Å². The molecule has 0 N–H and O–H groups in total. The molecule has 1 aromatic rings. The van der Waals surface area contributed by atoms with Crippen LogP contribution in [0.25, 0.3) is 0 Å². The molecule has 0 aliphatic carbocycles. The SMILES string of the molecule is CCCCCCCCC(Br)c1cc(F)c(F)cc1F. The number of halogens is 4. The second-order valence-electron chi connectivity index (χ2n) is 4.81. The minimum atomic E-state index is -1.14. The van der Waals surface area contributed by atoms with E-state index >= 15 is 0 Å². The van der Waals surface area contributed by atoms with Crippen molar-refractivity contribution >= 4 is 15.9 Å². The molecule has 0 spiro atoms. The first-order chi connectivity index (χ1) is 9.06. The molecular weight excluding hydrogens is 317 g/mol. The highest BCUT2D eigenvalue weighted by Crippen LogP contribution is 2.31. The molecule has 19 heavy (non-hydrogen) atoms. The highest BCUT2D eigenvalue weighted by Gasteiger charge is 2.16. The van der Waals surface area contributed by atoms with Crippen LogP contribution in [-0.2, 0) is 0 Å². The second kappa shape index (κ2) is 8.62. The summed E-state index contributed by atoms with van der Waals surface area (Å²) in [6.07, 6.45) is 7.63. The number of hydrogen-bond acceptors (Lipinski definition) is 0. The lowest BCUT2D eigenvalue weighted by Crippen LogP contribution is -1.98. The maximum absolute atomic E-state index is 13.5. The molecule has 1 rings (SSSR count). The van der Waals surface area contributed by atoms with E-state index in [0.29, 0.717) is 6.07 Å². The van der Waals surface area contributed by atoms with Gasteiger partial charge in [-0.1, -0.05) is 61.4 Å². The standard InChI is InChI=1S/C15H20BrF3/c1-2-3-4-5-6-7-8-12(16)11-9-14(18)15(19)10-13(11)17/h9-10,12H,2-8H2,1H3. The van der Waals surface area contributed by atoms with Crippen molar-refractivity contribution in [2.24, 2.45) is 0 Å². The number of alkyl halides is 1. The Morgan fingerprint density at radius 2 is 1.47 bits per heavy atom. The van der Waals surface area contributed by atoms with Crippen LogP contribution in [0, 0.1) is 17.5 Å². The Morgan fingerprint density at radius 3 is 2.16 bits per heavy atom. The summed E-state index contributed by atoms with van der Waals surface area (Å²) in [5.74, 6) is -2.82. The van der Waals surface area contributed by atoms with Crippen molar-refractivity contribution in [3.05, 3.63) is 35.1 Å². The summed E-state index contributed by atoms with van der Waals surface area (Å²) in [6, 6.07) is 1.56. The van der Waals surface area contributed by atoms with Gasteiger partial charge in [0.2, 0.25) is 0 Å². The van der Waals surface area contributed by atoms with Gasteiger partial charge >= 0.3 is 0 Å². The molecule has 0 aliphatic rings. The van der Waals surface area contributed by atoms with E-state index in [1.165, 1.54) is 25.7 Å². The van der Waals surface area contributed by atoms with Crippen LogP contribution in [0.15, 0.2) is 12.1 Å². The lowest BCUT2D eigenvalue weighted by atomic mass is 10.0. The second-order valence-corrected chi connectivity index (χ2v) is 5.92. The van der Waals surface area contributed by atoms with Gasteiger partial charge in [0, 0.05) is 16.5 Å². The van der Waals surface area contributed by atoms with Gasteiger partial charge in [0.15, 0.2) is 11.6 Å². The lowest BCUT2D eigenvalue weighted by molar-refractivity contribution is 0.487. The zero-order valence-electron chi connectivity index (χ0n) is 11.2. The molecule has 1 atom stereocenters. The highest BCUT2D eigenvalue weighted by atomic mass is 79.9. The Labute approximate surface area is 121 Å². The van der Waals surface area contributed by atoms with Crippen molar-refractivity contribution < 1.29 is 13.2 Å². The first-order valence-corrected chi connectivity index (χ1v) is 7.76. The first-order valence-electron chi connectivity index (χ1n) is 6.84. The summed E-state index contributed by atoms with van der Waals surface area (Å²) in [6.45, 7) is 2.17. The molecule has 0 fully saturated rings. The summed E-state index contributed by atoms with van der Waals surface area (Å²) in [7, 11) is 0. The third-order valence-electron chi connectivity index (χ3n) is 3.19. The van der Waals surface area contributed by atoms with E-state index in [2.05, 4.69) is 22.9 Å². The highest BCUT2D eigenvalue weighted by molar-refractivity contribution is 9.09. The monoisotopic (exact) mass is 336 g/mol. The van der Waals surface area contributed by atoms with E-state index in [1.807, 2.05) is 0 Å². The van der Waals surface area contributed by atoms with Crippen molar-refractivity contribution in [2.75, 3.05) is 0 Å². The van der Waals surface area contributed by atoms with Gasteiger partial charge in [0.05, 0.1) is 0 Å². The molecule has 1 unspecified atom stereocenters. The van der Waals surface area contributed by atoms with Gasteiger partial charge in [-0.3, -0.25) is 0 Å². The van der Waals surface area contributed by atoms with Crippen LogP contribution < -0.4 is 0 Å². The zero-order valence-corrected chi connectivity index (χ0v) is 12.8. The largest absolute Gasteiger partial charge is 0.207 e. The van der Waals surface area contributed by atoms with E-state index in [1.54, 1.807) is 0 Å². The van der Waals surface area contributed by atoms with Crippen molar-refractivity contribution in [1.29, 1.82) is 0 Å².